The third-order valence-electron chi connectivity index (χ3n) is 4.49. The minimum atomic E-state index is -0.381. The first-order valence-corrected chi connectivity index (χ1v) is 8.27. The van der Waals surface area contributed by atoms with Gasteiger partial charge in [0.1, 0.15) is 0 Å². The molecular weight excluding hydrogens is 324 g/mol. The van der Waals surface area contributed by atoms with Crippen LogP contribution in [0.4, 0.5) is 11.4 Å². The van der Waals surface area contributed by atoms with Gasteiger partial charge in [-0.2, -0.15) is 0 Å². The van der Waals surface area contributed by atoms with Crippen molar-refractivity contribution in [3.05, 3.63) is 58.6 Å². The van der Waals surface area contributed by atoms with Gasteiger partial charge in [-0.05, 0) is 43.2 Å². The molecule has 1 saturated heterocycles. The predicted octanol–water partition coefficient (Wildman–Crippen LogP) is 3.95. The van der Waals surface area contributed by atoms with E-state index in [-0.39, 0.29) is 24.2 Å². The summed E-state index contributed by atoms with van der Waals surface area (Å²) in [6.45, 7) is 4.40. The molecule has 1 heterocycles. The van der Waals surface area contributed by atoms with Gasteiger partial charge in [0.05, 0.1) is 16.6 Å². The van der Waals surface area contributed by atoms with Crippen molar-refractivity contribution in [1.82, 2.24) is 0 Å². The minimum Gasteiger partial charge on any atom is -0.324 e. The van der Waals surface area contributed by atoms with Crippen LogP contribution in [0.3, 0.4) is 0 Å². The number of aryl methyl sites for hydroxylation is 1. The van der Waals surface area contributed by atoms with Crippen LogP contribution in [0.5, 0.6) is 0 Å². The smallest absolute Gasteiger partial charge is 0.229 e. The van der Waals surface area contributed by atoms with E-state index in [0.29, 0.717) is 17.3 Å². The van der Waals surface area contributed by atoms with Gasteiger partial charge in [0.2, 0.25) is 11.8 Å². The van der Waals surface area contributed by atoms with E-state index in [1.165, 1.54) is 0 Å². The van der Waals surface area contributed by atoms with E-state index in [9.17, 15) is 9.59 Å². The molecule has 4 nitrogen and oxygen atoms in total. The molecule has 3 rings (SSSR count). The number of hydrogen-bond donors (Lipinski definition) is 1. The number of nitrogens with zero attached hydrogens (tertiary/aromatic N) is 1. The highest BCUT2D eigenvalue weighted by atomic mass is 35.5. The molecule has 5 heteroatoms. The van der Waals surface area contributed by atoms with Crippen LogP contribution in [0, 0.1) is 19.8 Å². The van der Waals surface area contributed by atoms with Crippen LogP contribution < -0.4 is 10.2 Å². The standard InChI is InChI=1S/C19H19ClN2O2/c1-12-6-5-9-17(13(12)2)22-11-14(10-18(22)23)19(24)21-16-8-4-3-7-15(16)20/h3-9,14H,10-11H2,1-2H3,(H,21,24)/t14-/m0/s1. The van der Waals surface area contributed by atoms with E-state index >= 15 is 0 Å². The van der Waals surface area contributed by atoms with Crippen LogP contribution in [0.15, 0.2) is 42.5 Å². The summed E-state index contributed by atoms with van der Waals surface area (Å²) in [4.78, 5) is 26.6. The second kappa shape index (κ2) is 6.65. The van der Waals surface area contributed by atoms with Crippen LogP contribution in [0.1, 0.15) is 17.5 Å². The summed E-state index contributed by atoms with van der Waals surface area (Å²) in [7, 11) is 0. The number of amides is 2. The van der Waals surface area contributed by atoms with Gasteiger partial charge in [-0.1, -0.05) is 35.9 Å². The van der Waals surface area contributed by atoms with Crippen LogP contribution in [0.25, 0.3) is 0 Å². The van der Waals surface area contributed by atoms with Gasteiger partial charge in [-0.25, -0.2) is 0 Å². The van der Waals surface area contributed by atoms with E-state index in [1.807, 2.05) is 38.1 Å². The van der Waals surface area contributed by atoms with Gasteiger partial charge in [-0.3, -0.25) is 9.59 Å². The Kier molecular flexibility index (Phi) is 4.58. The van der Waals surface area contributed by atoms with Gasteiger partial charge in [0, 0.05) is 18.7 Å². The lowest BCUT2D eigenvalue weighted by Crippen LogP contribution is -2.28. The number of carbonyl (C=O) groups excluding carboxylic acids is 2. The Morgan fingerprint density at radius 3 is 2.67 bits per heavy atom. The maximum atomic E-state index is 12.5. The van der Waals surface area contributed by atoms with Crippen molar-refractivity contribution < 1.29 is 9.59 Å². The number of carbonyl (C=O) groups is 2. The van der Waals surface area contributed by atoms with Crippen molar-refractivity contribution in [2.75, 3.05) is 16.8 Å². The van der Waals surface area contributed by atoms with E-state index in [0.717, 1.165) is 16.8 Å². The fourth-order valence-electron chi connectivity index (χ4n) is 2.94. The lowest BCUT2D eigenvalue weighted by atomic mass is 10.1. The molecule has 2 aromatic rings. The van der Waals surface area contributed by atoms with Gasteiger partial charge in [-0.15, -0.1) is 0 Å². The van der Waals surface area contributed by atoms with Crippen LogP contribution in [0.2, 0.25) is 5.02 Å². The SMILES string of the molecule is Cc1cccc(N2C[C@@H](C(=O)Nc3ccccc3Cl)CC2=O)c1C. The normalized spacial score (nSPS) is 17.2. The first-order chi connectivity index (χ1) is 11.5. The molecule has 1 aliphatic heterocycles. The fourth-order valence-corrected chi connectivity index (χ4v) is 3.12. The number of nitrogens with one attached hydrogen (secondary N) is 1. The third-order valence-corrected chi connectivity index (χ3v) is 4.82. The molecule has 2 amide bonds. The minimum absolute atomic E-state index is 0.0250. The van der Waals surface area contributed by atoms with Crippen LogP contribution in [-0.2, 0) is 9.59 Å². The molecule has 1 aliphatic rings. The number of anilines is 2. The Balaban J connectivity index is 1.76. The zero-order chi connectivity index (χ0) is 17.3. The molecule has 1 fully saturated rings. The Morgan fingerprint density at radius 2 is 1.92 bits per heavy atom. The van der Waals surface area contributed by atoms with Crippen molar-refractivity contribution in [3.8, 4) is 0 Å². The molecule has 0 bridgehead atoms. The molecule has 0 saturated carbocycles. The van der Waals surface area contributed by atoms with Crippen LogP contribution in [-0.4, -0.2) is 18.4 Å². The molecule has 0 unspecified atom stereocenters. The summed E-state index contributed by atoms with van der Waals surface area (Å²) in [6.07, 6.45) is 0.212. The monoisotopic (exact) mass is 342 g/mol. The molecule has 124 valence electrons. The van der Waals surface area contributed by atoms with E-state index < -0.39 is 0 Å². The van der Waals surface area contributed by atoms with E-state index in [1.54, 1.807) is 23.1 Å². The molecule has 0 aliphatic carbocycles. The lowest BCUT2D eigenvalue weighted by molar-refractivity contribution is -0.122. The Morgan fingerprint density at radius 1 is 1.17 bits per heavy atom. The summed E-state index contributed by atoms with van der Waals surface area (Å²) >= 11 is 6.07. The highest BCUT2D eigenvalue weighted by molar-refractivity contribution is 6.33. The number of para-hydroxylation sites is 1. The Labute approximate surface area is 146 Å². The molecule has 1 atom stereocenters. The van der Waals surface area contributed by atoms with Crippen molar-refractivity contribution in [2.24, 2.45) is 5.92 Å². The largest absolute Gasteiger partial charge is 0.324 e. The van der Waals surface area contributed by atoms with Crippen molar-refractivity contribution in [1.29, 1.82) is 0 Å². The van der Waals surface area contributed by atoms with E-state index in [4.69, 9.17) is 11.6 Å². The molecule has 0 aromatic heterocycles. The molecule has 0 spiro atoms. The third kappa shape index (κ3) is 3.15. The summed E-state index contributed by atoms with van der Waals surface area (Å²) in [5, 5.41) is 3.31. The van der Waals surface area contributed by atoms with Gasteiger partial charge >= 0.3 is 0 Å². The highest BCUT2D eigenvalue weighted by Gasteiger charge is 2.35. The zero-order valence-electron chi connectivity index (χ0n) is 13.7. The predicted molar refractivity (Wildman–Crippen MR) is 96.5 cm³/mol. The molecule has 0 radical (unpaired) electrons. The van der Waals surface area contributed by atoms with Gasteiger partial charge < -0.3 is 10.2 Å². The quantitative estimate of drug-likeness (QED) is 0.918. The molecule has 1 N–H and O–H groups in total. The molecule has 24 heavy (non-hydrogen) atoms. The lowest BCUT2D eigenvalue weighted by Gasteiger charge is -2.20. The average Bonchev–Trinajstić information content (AvgIpc) is 2.94. The van der Waals surface area contributed by atoms with Gasteiger partial charge in [0.25, 0.3) is 0 Å². The topological polar surface area (TPSA) is 49.4 Å². The maximum absolute atomic E-state index is 12.5. The van der Waals surface area contributed by atoms with E-state index in [2.05, 4.69) is 5.32 Å². The summed E-state index contributed by atoms with van der Waals surface area (Å²) in [5.74, 6) is -0.582. The van der Waals surface area contributed by atoms with Crippen LogP contribution >= 0.6 is 11.6 Å². The summed E-state index contributed by atoms with van der Waals surface area (Å²) < 4.78 is 0. The van der Waals surface area contributed by atoms with Crippen molar-refractivity contribution in [3.63, 3.8) is 0 Å². The van der Waals surface area contributed by atoms with Crippen molar-refractivity contribution in [2.45, 2.75) is 20.3 Å². The number of rotatable bonds is 3. The molecule has 2 aromatic carbocycles. The summed E-state index contributed by atoms with van der Waals surface area (Å²) in [5.41, 5.74) is 3.65. The average molecular weight is 343 g/mol. The number of hydrogen-bond acceptors (Lipinski definition) is 2. The number of halogens is 1. The first-order valence-electron chi connectivity index (χ1n) is 7.89. The second-order valence-corrected chi connectivity index (χ2v) is 6.50. The molecular formula is C19H19ClN2O2. The fraction of sp³-hybridized carbons (Fsp3) is 0.263. The maximum Gasteiger partial charge on any atom is 0.229 e. The number of benzene rings is 2. The Hall–Kier alpha value is -2.33. The second-order valence-electron chi connectivity index (χ2n) is 6.09. The summed E-state index contributed by atoms with van der Waals surface area (Å²) in [6, 6.07) is 13.0. The highest BCUT2D eigenvalue weighted by Crippen LogP contribution is 2.30. The zero-order valence-corrected chi connectivity index (χ0v) is 14.4. The van der Waals surface area contributed by atoms with Gasteiger partial charge in [0.15, 0.2) is 0 Å². The Bertz CT molecular complexity index is 804. The first kappa shape index (κ1) is 16.5. The van der Waals surface area contributed by atoms with Crippen molar-refractivity contribution >= 4 is 34.8 Å².